The number of amides is 1. The molecule has 3 nitrogen and oxygen atoms in total. The minimum Gasteiger partial charge on any atom is -0.336 e. The van der Waals surface area contributed by atoms with Crippen molar-refractivity contribution in [2.45, 2.75) is 26.8 Å². The van der Waals surface area contributed by atoms with Gasteiger partial charge in [0.05, 0.1) is 0 Å². The van der Waals surface area contributed by atoms with Gasteiger partial charge in [0.2, 0.25) is 0 Å². The minimum absolute atomic E-state index is 0.166. The van der Waals surface area contributed by atoms with Gasteiger partial charge < -0.3 is 10.2 Å². The van der Waals surface area contributed by atoms with Crippen molar-refractivity contribution in [1.82, 2.24) is 10.2 Å². The molecule has 1 aromatic carbocycles. The van der Waals surface area contributed by atoms with Crippen LogP contribution in [-0.2, 0) is 0 Å². The highest BCUT2D eigenvalue weighted by Crippen LogP contribution is 2.14. The Labute approximate surface area is 103 Å². The maximum Gasteiger partial charge on any atom is 0.254 e. The molecule has 1 heterocycles. The van der Waals surface area contributed by atoms with Gasteiger partial charge in [0, 0.05) is 31.2 Å². The van der Waals surface area contributed by atoms with Gasteiger partial charge in [0.25, 0.3) is 5.91 Å². The predicted molar refractivity (Wildman–Crippen MR) is 69.3 cm³/mol. The quantitative estimate of drug-likeness (QED) is 0.800. The molecule has 0 radical (unpaired) electrons. The summed E-state index contributed by atoms with van der Waals surface area (Å²) in [5, 5.41) is 3.35. The van der Waals surface area contributed by atoms with Crippen molar-refractivity contribution >= 4 is 5.91 Å². The van der Waals surface area contributed by atoms with Gasteiger partial charge in [-0.3, -0.25) is 4.79 Å². The van der Waals surface area contributed by atoms with E-state index in [0.29, 0.717) is 6.04 Å². The van der Waals surface area contributed by atoms with Crippen LogP contribution in [0.3, 0.4) is 0 Å². The number of benzene rings is 1. The zero-order chi connectivity index (χ0) is 12.4. The van der Waals surface area contributed by atoms with Gasteiger partial charge in [0.15, 0.2) is 0 Å². The summed E-state index contributed by atoms with van der Waals surface area (Å²) < 4.78 is 0. The summed E-state index contributed by atoms with van der Waals surface area (Å²) in [5.74, 6) is 0.166. The van der Waals surface area contributed by atoms with Crippen molar-refractivity contribution in [1.29, 1.82) is 0 Å². The van der Waals surface area contributed by atoms with Crippen LogP contribution in [0.1, 0.15) is 28.4 Å². The largest absolute Gasteiger partial charge is 0.336 e. The highest BCUT2D eigenvalue weighted by Gasteiger charge is 2.22. The zero-order valence-electron chi connectivity index (χ0n) is 10.8. The van der Waals surface area contributed by atoms with E-state index < -0.39 is 0 Å². The molecule has 92 valence electrons. The van der Waals surface area contributed by atoms with Gasteiger partial charge in [-0.1, -0.05) is 17.7 Å². The van der Waals surface area contributed by atoms with Gasteiger partial charge in [-0.2, -0.15) is 0 Å². The van der Waals surface area contributed by atoms with Crippen LogP contribution >= 0.6 is 0 Å². The Morgan fingerprint density at radius 2 is 2.18 bits per heavy atom. The molecule has 0 unspecified atom stereocenters. The second kappa shape index (κ2) is 4.88. The second-order valence-corrected chi connectivity index (χ2v) is 4.92. The van der Waals surface area contributed by atoms with Crippen LogP contribution in [0.4, 0.5) is 0 Å². The fourth-order valence-electron chi connectivity index (χ4n) is 2.25. The van der Waals surface area contributed by atoms with Gasteiger partial charge in [0.1, 0.15) is 0 Å². The topological polar surface area (TPSA) is 32.3 Å². The third-order valence-electron chi connectivity index (χ3n) is 3.28. The number of carbonyl (C=O) groups excluding carboxylic acids is 1. The molecule has 3 heteroatoms. The molecule has 1 aromatic rings. The number of rotatable bonds is 1. The summed E-state index contributed by atoms with van der Waals surface area (Å²) in [4.78, 5) is 14.4. The standard InChI is InChI=1S/C14H20N2O/c1-10-4-5-11(2)13(8-10)14(17)16-7-6-15-12(3)9-16/h4-5,8,12,15H,6-7,9H2,1-3H3/t12-/m1/s1. The SMILES string of the molecule is Cc1ccc(C)c(C(=O)N2CCN[C@H](C)C2)c1. The van der Waals surface area contributed by atoms with E-state index in [1.807, 2.05) is 36.9 Å². The molecule has 1 atom stereocenters. The number of aryl methyl sites for hydroxylation is 2. The van der Waals surface area contributed by atoms with Crippen molar-refractivity contribution in [2.24, 2.45) is 0 Å². The lowest BCUT2D eigenvalue weighted by Crippen LogP contribution is -2.51. The monoisotopic (exact) mass is 232 g/mol. The van der Waals surface area contributed by atoms with E-state index in [1.165, 1.54) is 0 Å². The molecule has 0 aromatic heterocycles. The van der Waals surface area contributed by atoms with Crippen LogP contribution < -0.4 is 5.32 Å². The summed E-state index contributed by atoms with van der Waals surface area (Å²) in [6, 6.07) is 6.45. The first-order chi connectivity index (χ1) is 8.08. The Morgan fingerprint density at radius 3 is 2.88 bits per heavy atom. The van der Waals surface area contributed by atoms with E-state index in [1.54, 1.807) is 0 Å². The number of carbonyl (C=O) groups is 1. The molecule has 1 saturated heterocycles. The lowest BCUT2D eigenvalue weighted by atomic mass is 10.0. The molecular formula is C14H20N2O. The fraction of sp³-hybridized carbons (Fsp3) is 0.500. The van der Waals surface area contributed by atoms with E-state index in [4.69, 9.17) is 0 Å². The third kappa shape index (κ3) is 2.67. The van der Waals surface area contributed by atoms with Crippen LogP contribution in [0.25, 0.3) is 0 Å². The van der Waals surface area contributed by atoms with Crippen molar-refractivity contribution < 1.29 is 4.79 Å². The summed E-state index contributed by atoms with van der Waals surface area (Å²) >= 11 is 0. The Kier molecular flexibility index (Phi) is 3.48. The normalized spacial score (nSPS) is 20.4. The molecule has 2 rings (SSSR count). The summed E-state index contributed by atoms with van der Waals surface area (Å²) in [5.41, 5.74) is 3.05. The lowest BCUT2D eigenvalue weighted by molar-refractivity contribution is 0.0708. The molecule has 1 aliphatic heterocycles. The first kappa shape index (κ1) is 12.1. The first-order valence-corrected chi connectivity index (χ1v) is 6.18. The first-order valence-electron chi connectivity index (χ1n) is 6.18. The van der Waals surface area contributed by atoms with Gasteiger partial charge in [-0.15, -0.1) is 0 Å². The van der Waals surface area contributed by atoms with Crippen LogP contribution in [0, 0.1) is 13.8 Å². The van der Waals surface area contributed by atoms with E-state index >= 15 is 0 Å². The number of hydrogen-bond acceptors (Lipinski definition) is 2. The van der Waals surface area contributed by atoms with Gasteiger partial charge in [-0.05, 0) is 32.4 Å². The van der Waals surface area contributed by atoms with Crippen LogP contribution in [0.2, 0.25) is 0 Å². The Morgan fingerprint density at radius 1 is 1.41 bits per heavy atom. The molecule has 17 heavy (non-hydrogen) atoms. The zero-order valence-corrected chi connectivity index (χ0v) is 10.8. The van der Waals surface area contributed by atoms with E-state index in [-0.39, 0.29) is 5.91 Å². The Hall–Kier alpha value is -1.35. The van der Waals surface area contributed by atoms with Crippen molar-refractivity contribution in [3.8, 4) is 0 Å². The molecule has 0 saturated carbocycles. The summed E-state index contributed by atoms with van der Waals surface area (Å²) in [6.45, 7) is 8.62. The summed E-state index contributed by atoms with van der Waals surface area (Å²) in [7, 11) is 0. The average Bonchev–Trinajstić information content (AvgIpc) is 2.31. The summed E-state index contributed by atoms with van der Waals surface area (Å²) in [6.07, 6.45) is 0. The van der Waals surface area contributed by atoms with Crippen LogP contribution in [-0.4, -0.2) is 36.5 Å². The average molecular weight is 232 g/mol. The maximum atomic E-state index is 12.4. The molecule has 1 fully saturated rings. The molecule has 0 aliphatic carbocycles. The highest BCUT2D eigenvalue weighted by molar-refractivity contribution is 5.96. The number of hydrogen-bond donors (Lipinski definition) is 1. The maximum absolute atomic E-state index is 12.4. The van der Waals surface area contributed by atoms with Crippen molar-refractivity contribution in [2.75, 3.05) is 19.6 Å². The molecule has 1 amide bonds. The third-order valence-corrected chi connectivity index (χ3v) is 3.28. The number of nitrogens with one attached hydrogen (secondary N) is 1. The van der Waals surface area contributed by atoms with Crippen LogP contribution in [0.5, 0.6) is 0 Å². The highest BCUT2D eigenvalue weighted by atomic mass is 16.2. The molecule has 0 spiro atoms. The van der Waals surface area contributed by atoms with Gasteiger partial charge in [-0.25, -0.2) is 0 Å². The van der Waals surface area contributed by atoms with Crippen LogP contribution in [0.15, 0.2) is 18.2 Å². The number of piperazine rings is 1. The van der Waals surface area contributed by atoms with E-state index in [2.05, 4.69) is 12.2 Å². The molecular weight excluding hydrogens is 212 g/mol. The van der Waals surface area contributed by atoms with E-state index in [9.17, 15) is 4.79 Å². The predicted octanol–water partition coefficient (Wildman–Crippen LogP) is 1.74. The smallest absolute Gasteiger partial charge is 0.254 e. The van der Waals surface area contributed by atoms with Crippen molar-refractivity contribution in [3.05, 3.63) is 34.9 Å². The number of nitrogens with zero attached hydrogens (tertiary/aromatic N) is 1. The minimum atomic E-state index is 0.166. The molecule has 1 aliphatic rings. The Balaban J connectivity index is 2.21. The Bertz CT molecular complexity index is 428. The fourth-order valence-corrected chi connectivity index (χ4v) is 2.25. The lowest BCUT2D eigenvalue weighted by Gasteiger charge is -2.32. The molecule has 1 N–H and O–H groups in total. The van der Waals surface area contributed by atoms with Crippen molar-refractivity contribution in [3.63, 3.8) is 0 Å². The second-order valence-electron chi connectivity index (χ2n) is 4.92. The van der Waals surface area contributed by atoms with E-state index in [0.717, 1.165) is 36.3 Å². The van der Waals surface area contributed by atoms with Gasteiger partial charge >= 0.3 is 0 Å². The molecule has 0 bridgehead atoms.